The van der Waals surface area contributed by atoms with Crippen LogP contribution in [0.15, 0.2) is 22.7 Å². The van der Waals surface area contributed by atoms with Crippen molar-refractivity contribution in [1.82, 2.24) is 0 Å². The van der Waals surface area contributed by atoms with Crippen molar-refractivity contribution in [2.24, 2.45) is 11.7 Å². The largest absolute Gasteiger partial charge is 0.496 e. The van der Waals surface area contributed by atoms with Gasteiger partial charge in [0.05, 0.1) is 11.6 Å². The number of benzene rings is 1. The molecule has 3 nitrogen and oxygen atoms in total. The lowest BCUT2D eigenvalue weighted by molar-refractivity contribution is 0.223. The van der Waals surface area contributed by atoms with E-state index in [2.05, 4.69) is 15.9 Å². The molecule has 0 aliphatic carbocycles. The first kappa shape index (κ1) is 13.5. The van der Waals surface area contributed by atoms with Crippen LogP contribution >= 0.6 is 15.9 Å². The van der Waals surface area contributed by atoms with Crippen molar-refractivity contribution in [1.29, 1.82) is 0 Å². The van der Waals surface area contributed by atoms with Gasteiger partial charge in [0.2, 0.25) is 0 Å². The van der Waals surface area contributed by atoms with Crippen LogP contribution in [0.1, 0.15) is 12.0 Å². The first-order valence-electron chi connectivity index (χ1n) is 5.34. The molecule has 0 bridgehead atoms. The molecule has 1 rings (SSSR count). The fourth-order valence-corrected chi connectivity index (χ4v) is 2.11. The van der Waals surface area contributed by atoms with Gasteiger partial charge in [0.15, 0.2) is 0 Å². The predicted octanol–water partition coefficient (Wildman–Crippen LogP) is 1.96. The van der Waals surface area contributed by atoms with Crippen LogP contribution in [-0.2, 0) is 6.42 Å². The van der Waals surface area contributed by atoms with Gasteiger partial charge >= 0.3 is 0 Å². The van der Waals surface area contributed by atoms with E-state index in [1.54, 1.807) is 7.11 Å². The van der Waals surface area contributed by atoms with Gasteiger partial charge in [-0.2, -0.15) is 0 Å². The summed E-state index contributed by atoms with van der Waals surface area (Å²) in [5.41, 5.74) is 6.76. The van der Waals surface area contributed by atoms with Crippen LogP contribution in [0.3, 0.4) is 0 Å². The molecule has 3 N–H and O–H groups in total. The lowest BCUT2D eigenvalue weighted by Crippen LogP contribution is -2.18. The fraction of sp³-hybridized carbons (Fsp3) is 0.500. The number of nitrogens with two attached hydrogens (primary N) is 1. The minimum absolute atomic E-state index is 0.161. The molecule has 0 aliphatic rings. The Kier molecular flexibility index (Phi) is 5.80. The topological polar surface area (TPSA) is 55.5 Å². The summed E-state index contributed by atoms with van der Waals surface area (Å²) in [5, 5.41) is 9.03. The summed E-state index contributed by atoms with van der Waals surface area (Å²) in [6.45, 7) is 0.696. The Bertz CT molecular complexity index is 327. The molecule has 0 amide bonds. The summed E-state index contributed by atoms with van der Waals surface area (Å²) in [7, 11) is 1.65. The molecular formula is C12H18BrNO2. The quantitative estimate of drug-likeness (QED) is 0.841. The van der Waals surface area contributed by atoms with Crippen molar-refractivity contribution in [2.75, 3.05) is 20.3 Å². The van der Waals surface area contributed by atoms with E-state index < -0.39 is 0 Å². The number of ether oxygens (including phenoxy) is 1. The van der Waals surface area contributed by atoms with Gasteiger partial charge in [0, 0.05) is 6.61 Å². The fourth-order valence-electron chi connectivity index (χ4n) is 1.52. The van der Waals surface area contributed by atoms with Gasteiger partial charge in [-0.05, 0) is 58.9 Å². The zero-order valence-corrected chi connectivity index (χ0v) is 11.0. The Hall–Kier alpha value is -0.580. The number of rotatable bonds is 6. The maximum atomic E-state index is 9.03. The molecule has 0 aliphatic heterocycles. The molecule has 0 fully saturated rings. The van der Waals surface area contributed by atoms with Gasteiger partial charge in [-0.25, -0.2) is 0 Å². The summed E-state index contributed by atoms with van der Waals surface area (Å²) >= 11 is 3.45. The van der Waals surface area contributed by atoms with Crippen LogP contribution in [0, 0.1) is 5.92 Å². The Balaban J connectivity index is 2.58. The third-order valence-corrected chi connectivity index (χ3v) is 3.27. The lowest BCUT2D eigenvalue weighted by Gasteiger charge is -2.11. The number of methoxy groups -OCH3 is 1. The van der Waals surface area contributed by atoms with E-state index in [0.29, 0.717) is 6.54 Å². The van der Waals surface area contributed by atoms with Gasteiger partial charge in [-0.1, -0.05) is 6.07 Å². The number of hydrogen-bond donors (Lipinski definition) is 2. The first-order chi connectivity index (χ1) is 7.71. The van der Waals surface area contributed by atoms with Crippen LogP contribution in [0.25, 0.3) is 0 Å². The zero-order valence-electron chi connectivity index (χ0n) is 9.45. The molecule has 0 radical (unpaired) electrons. The van der Waals surface area contributed by atoms with Crippen molar-refractivity contribution >= 4 is 15.9 Å². The Morgan fingerprint density at radius 1 is 1.50 bits per heavy atom. The van der Waals surface area contributed by atoms with Crippen molar-refractivity contribution in [3.8, 4) is 5.75 Å². The second-order valence-electron chi connectivity index (χ2n) is 3.79. The van der Waals surface area contributed by atoms with E-state index in [9.17, 15) is 0 Å². The molecule has 0 saturated heterocycles. The van der Waals surface area contributed by atoms with Crippen LogP contribution in [0.2, 0.25) is 0 Å². The molecule has 4 heteroatoms. The third kappa shape index (κ3) is 3.77. The highest BCUT2D eigenvalue weighted by molar-refractivity contribution is 9.10. The van der Waals surface area contributed by atoms with Gasteiger partial charge in [0.25, 0.3) is 0 Å². The van der Waals surface area contributed by atoms with Crippen molar-refractivity contribution in [2.45, 2.75) is 12.8 Å². The normalized spacial score (nSPS) is 12.5. The van der Waals surface area contributed by atoms with E-state index >= 15 is 0 Å². The number of halogens is 1. The molecule has 0 spiro atoms. The number of aliphatic hydroxyl groups is 1. The summed E-state index contributed by atoms with van der Waals surface area (Å²) in [6, 6.07) is 6.02. The summed E-state index contributed by atoms with van der Waals surface area (Å²) in [5.74, 6) is 1.03. The molecule has 0 heterocycles. The van der Waals surface area contributed by atoms with Gasteiger partial charge < -0.3 is 15.6 Å². The van der Waals surface area contributed by atoms with E-state index in [1.165, 1.54) is 5.56 Å². The van der Waals surface area contributed by atoms with Crippen LogP contribution in [0.5, 0.6) is 5.75 Å². The highest BCUT2D eigenvalue weighted by Crippen LogP contribution is 2.26. The number of hydrogen-bond acceptors (Lipinski definition) is 3. The monoisotopic (exact) mass is 287 g/mol. The van der Waals surface area contributed by atoms with Gasteiger partial charge in [-0.3, -0.25) is 0 Å². The highest BCUT2D eigenvalue weighted by Gasteiger charge is 2.06. The highest BCUT2D eigenvalue weighted by atomic mass is 79.9. The predicted molar refractivity (Wildman–Crippen MR) is 68.6 cm³/mol. The maximum absolute atomic E-state index is 9.03. The standard InChI is InChI=1S/C12H18BrNO2/c1-16-12-5-4-9(6-11(12)13)2-3-10(7-14)8-15/h4-6,10,15H,2-3,7-8,14H2,1H3. The van der Waals surface area contributed by atoms with E-state index in [0.717, 1.165) is 23.1 Å². The molecular weight excluding hydrogens is 270 g/mol. The Labute approximate surface area is 105 Å². The van der Waals surface area contributed by atoms with E-state index in [1.807, 2.05) is 18.2 Å². The number of aryl methyl sites for hydroxylation is 1. The molecule has 1 aromatic carbocycles. The van der Waals surface area contributed by atoms with Crippen LogP contribution in [0.4, 0.5) is 0 Å². The summed E-state index contributed by atoms with van der Waals surface area (Å²) in [4.78, 5) is 0. The second-order valence-corrected chi connectivity index (χ2v) is 4.65. The lowest BCUT2D eigenvalue weighted by atomic mass is 10.0. The van der Waals surface area contributed by atoms with Gasteiger partial charge in [0.1, 0.15) is 5.75 Å². The number of aliphatic hydroxyl groups excluding tert-OH is 1. The smallest absolute Gasteiger partial charge is 0.133 e. The SMILES string of the molecule is COc1ccc(CCC(CN)CO)cc1Br. The third-order valence-electron chi connectivity index (χ3n) is 2.65. The Morgan fingerprint density at radius 3 is 2.75 bits per heavy atom. The maximum Gasteiger partial charge on any atom is 0.133 e. The van der Waals surface area contributed by atoms with E-state index in [-0.39, 0.29) is 12.5 Å². The Morgan fingerprint density at radius 2 is 2.25 bits per heavy atom. The van der Waals surface area contributed by atoms with Gasteiger partial charge in [-0.15, -0.1) is 0 Å². The minimum atomic E-state index is 0.161. The van der Waals surface area contributed by atoms with Crippen LogP contribution in [-0.4, -0.2) is 25.4 Å². The van der Waals surface area contributed by atoms with Crippen molar-refractivity contribution in [3.05, 3.63) is 28.2 Å². The molecule has 1 unspecified atom stereocenters. The molecule has 90 valence electrons. The average molecular weight is 288 g/mol. The minimum Gasteiger partial charge on any atom is -0.496 e. The molecule has 1 aromatic rings. The molecule has 1 atom stereocenters. The average Bonchev–Trinajstić information content (AvgIpc) is 2.30. The van der Waals surface area contributed by atoms with E-state index in [4.69, 9.17) is 15.6 Å². The molecule has 0 saturated carbocycles. The summed E-state index contributed by atoms with van der Waals surface area (Å²) < 4.78 is 6.12. The van der Waals surface area contributed by atoms with Crippen molar-refractivity contribution < 1.29 is 9.84 Å². The second kappa shape index (κ2) is 6.89. The molecule has 0 aromatic heterocycles. The van der Waals surface area contributed by atoms with Crippen LogP contribution < -0.4 is 10.5 Å². The first-order valence-corrected chi connectivity index (χ1v) is 6.14. The summed E-state index contributed by atoms with van der Waals surface area (Å²) in [6.07, 6.45) is 1.83. The van der Waals surface area contributed by atoms with Crippen molar-refractivity contribution in [3.63, 3.8) is 0 Å². The molecule has 16 heavy (non-hydrogen) atoms. The zero-order chi connectivity index (χ0) is 12.0.